The van der Waals surface area contributed by atoms with Crippen LogP contribution in [0.3, 0.4) is 0 Å². The molecule has 2 aromatic rings. The SMILES string of the molecule is CCOC(=O)Cn1c2c(sc1=O)[C@@H]1c3cc(Br)ccc3OC[C@H]1CS2. The molecule has 0 saturated heterocycles. The van der Waals surface area contributed by atoms with Gasteiger partial charge in [0.05, 0.1) is 18.2 Å². The zero-order chi connectivity index (χ0) is 17.6. The molecule has 0 aliphatic carbocycles. The van der Waals surface area contributed by atoms with Gasteiger partial charge in [0.25, 0.3) is 0 Å². The Kier molecular flexibility index (Phi) is 4.68. The quantitative estimate of drug-likeness (QED) is 0.682. The Morgan fingerprint density at radius 3 is 3.12 bits per heavy atom. The van der Waals surface area contributed by atoms with Crippen LogP contribution in [0, 0.1) is 5.92 Å². The smallest absolute Gasteiger partial charge is 0.326 e. The van der Waals surface area contributed by atoms with Crippen molar-refractivity contribution >= 4 is 45.0 Å². The average molecular weight is 442 g/mol. The van der Waals surface area contributed by atoms with E-state index in [-0.39, 0.29) is 23.3 Å². The summed E-state index contributed by atoms with van der Waals surface area (Å²) in [5.74, 6) is 1.83. The Morgan fingerprint density at radius 1 is 1.48 bits per heavy atom. The van der Waals surface area contributed by atoms with Gasteiger partial charge in [0.2, 0.25) is 0 Å². The van der Waals surface area contributed by atoms with Gasteiger partial charge >= 0.3 is 10.8 Å². The number of carbonyl (C=O) groups excluding carboxylic acids is 1. The summed E-state index contributed by atoms with van der Waals surface area (Å²) in [7, 11) is 0. The molecule has 1 aromatic carbocycles. The molecule has 0 N–H and O–H groups in total. The molecule has 25 heavy (non-hydrogen) atoms. The van der Waals surface area contributed by atoms with Crippen LogP contribution < -0.4 is 9.61 Å². The first kappa shape index (κ1) is 17.2. The Bertz CT molecular complexity index is 891. The van der Waals surface area contributed by atoms with Gasteiger partial charge in [0.1, 0.15) is 12.3 Å². The van der Waals surface area contributed by atoms with Gasteiger partial charge in [-0.2, -0.15) is 0 Å². The van der Waals surface area contributed by atoms with Gasteiger partial charge in [-0.3, -0.25) is 14.2 Å². The van der Waals surface area contributed by atoms with E-state index in [1.165, 1.54) is 11.3 Å². The first-order valence-electron chi connectivity index (χ1n) is 8.02. The molecule has 2 aliphatic heterocycles. The van der Waals surface area contributed by atoms with Crippen LogP contribution in [0.25, 0.3) is 0 Å². The second kappa shape index (κ2) is 6.81. The number of aromatic nitrogens is 1. The molecule has 0 fully saturated rings. The summed E-state index contributed by atoms with van der Waals surface area (Å²) in [6.07, 6.45) is 0. The zero-order valence-electron chi connectivity index (χ0n) is 13.5. The maximum absolute atomic E-state index is 12.5. The first-order valence-corrected chi connectivity index (χ1v) is 10.6. The number of hydrogen-bond acceptors (Lipinski definition) is 6. The molecule has 2 aliphatic rings. The molecule has 0 unspecified atom stereocenters. The van der Waals surface area contributed by atoms with Gasteiger partial charge in [-0.05, 0) is 25.1 Å². The Morgan fingerprint density at radius 2 is 2.32 bits per heavy atom. The van der Waals surface area contributed by atoms with Crippen molar-refractivity contribution in [1.82, 2.24) is 4.57 Å². The van der Waals surface area contributed by atoms with E-state index < -0.39 is 0 Å². The fraction of sp³-hybridized carbons (Fsp3) is 0.412. The topological polar surface area (TPSA) is 57.5 Å². The maximum atomic E-state index is 12.5. The lowest BCUT2D eigenvalue weighted by atomic mass is 9.84. The lowest BCUT2D eigenvalue weighted by molar-refractivity contribution is -0.144. The van der Waals surface area contributed by atoms with E-state index in [0.717, 1.165) is 31.4 Å². The van der Waals surface area contributed by atoms with Gasteiger partial charge < -0.3 is 9.47 Å². The van der Waals surface area contributed by atoms with Crippen molar-refractivity contribution < 1.29 is 14.3 Å². The third kappa shape index (κ3) is 3.04. The molecule has 0 saturated carbocycles. The van der Waals surface area contributed by atoms with E-state index in [9.17, 15) is 9.59 Å². The number of hydrogen-bond donors (Lipinski definition) is 0. The lowest BCUT2D eigenvalue weighted by Gasteiger charge is -2.36. The van der Waals surface area contributed by atoms with Crippen LogP contribution in [-0.4, -0.2) is 29.5 Å². The standard InChI is InChI=1S/C17H16BrNO4S2/c1-2-22-13(20)6-19-16-15(25-17(19)21)14-9(8-24-16)7-23-12-4-3-10(18)5-11(12)14/h3-5,9,14H,2,6-8H2,1H3/t9-,14-/m0/s1. The van der Waals surface area contributed by atoms with E-state index in [0.29, 0.717) is 19.1 Å². The van der Waals surface area contributed by atoms with Crippen molar-refractivity contribution in [3.8, 4) is 5.75 Å². The summed E-state index contributed by atoms with van der Waals surface area (Å²) in [5, 5.41) is 0.900. The average Bonchev–Trinajstić information content (AvgIpc) is 2.90. The van der Waals surface area contributed by atoms with Gasteiger partial charge in [-0.15, -0.1) is 11.8 Å². The van der Waals surface area contributed by atoms with Gasteiger partial charge in [0.15, 0.2) is 0 Å². The summed E-state index contributed by atoms with van der Waals surface area (Å²) in [6.45, 7) is 2.71. The predicted octanol–water partition coefficient (Wildman–Crippen LogP) is 3.48. The molecule has 0 radical (unpaired) electrons. The highest BCUT2D eigenvalue weighted by atomic mass is 79.9. The number of ether oxygens (including phenoxy) is 2. The van der Waals surface area contributed by atoms with Crippen LogP contribution >= 0.6 is 39.0 Å². The second-order valence-electron chi connectivity index (χ2n) is 5.97. The van der Waals surface area contributed by atoms with Crippen LogP contribution in [0.15, 0.2) is 32.5 Å². The molecule has 8 heteroatoms. The molecule has 132 valence electrons. The molecule has 0 amide bonds. The predicted molar refractivity (Wildman–Crippen MR) is 101 cm³/mol. The van der Waals surface area contributed by atoms with Crippen LogP contribution in [0.1, 0.15) is 23.3 Å². The van der Waals surface area contributed by atoms with E-state index in [2.05, 4.69) is 22.0 Å². The third-order valence-corrected chi connectivity index (χ3v) is 7.41. The number of thioether (sulfide) groups is 1. The molecule has 0 spiro atoms. The highest BCUT2D eigenvalue weighted by Gasteiger charge is 2.40. The van der Waals surface area contributed by atoms with Gasteiger partial charge in [0, 0.05) is 32.5 Å². The largest absolute Gasteiger partial charge is 0.493 e. The molecule has 2 atom stereocenters. The molecule has 5 nitrogen and oxygen atoms in total. The molecular weight excluding hydrogens is 426 g/mol. The van der Waals surface area contributed by atoms with Crippen LogP contribution in [0.5, 0.6) is 5.75 Å². The number of benzene rings is 1. The molecular formula is C17H16BrNO4S2. The van der Waals surface area contributed by atoms with Gasteiger partial charge in [-0.25, -0.2) is 0 Å². The summed E-state index contributed by atoms with van der Waals surface area (Å²) in [4.78, 5) is 25.3. The third-order valence-electron chi connectivity index (χ3n) is 4.41. The minimum absolute atomic E-state index is 0.0231. The Labute approximate surface area is 161 Å². The Hall–Kier alpha value is -1.25. The molecule has 0 bridgehead atoms. The molecule has 1 aromatic heterocycles. The van der Waals surface area contributed by atoms with Crippen molar-refractivity contribution in [2.75, 3.05) is 19.0 Å². The summed E-state index contributed by atoms with van der Waals surface area (Å²) in [5.41, 5.74) is 1.11. The summed E-state index contributed by atoms with van der Waals surface area (Å²) < 4.78 is 13.5. The number of halogens is 1. The second-order valence-corrected chi connectivity index (χ2v) is 8.89. The summed E-state index contributed by atoms with van der Waals surface area (Å²) in [6, 6.07) is 6.01. The minimum atomic E-state index is -0.372. The fourth-order valence-corrected chi connectivity index (χ4v) is 6.42. The zero-order valence-corrected chi connectivity index (χ0v) is 16.7. The van der Waals surface area contributed by atoms with Crippen LogP contribution in [0.2, 0.25) is 0 Å². The van der Waals surface area contributed by atoms with E-state index in [1.807, 2.05) is 12.1 Å². The fourth-order valence-electron chi connectivity index (χ4n) is 3.35. The molecule has 4 rings (SSSR count). The van der Waals surface area contributed by atoms with E-state index >= 15 is 0 Å². The molecule has 3 heterocycles. The number of nitrogens with zero attached hydrogens (tertiary/aromatic N) is 1. The van der Waals surface area contributed by atoms with Crippen molar-refractivity contribution in [2.45, 2.75) is 24.4 Å². The number of esters is 1. The van der Waals surface area contributed by atoms with Gasteiger partial charge in [-0.1, -0.05) is 27.3 Å². The lowest BCUT2D eigenvalue weighted by Crippen LogP contribution is -2.31. The van der Waals surface area contributed by atoms with E-state index in [1.54, 1.807) is 23.3 Å². The highest BCUT2D eigenvalue weighted by molar-refractivity contribution is 9.10. The monoisotopic (exact) mass is 441 g/mol. The Balaban J connectivity index is 1.78. The number of rotatable bonds is 3. The maximum Gasteiger partial charge on any atom is 0.326 e. The van der Waals surface area contributed by atoms with Crippen molar-refractivity contribution in [1.29, 1.82) is 0 Å². The number of fused-ring (bicyclic) bond motifs is 5. The number of carbonyl (C=O) groups is 1. The summed E-state index contributed by atoms with van der Waals surface area (Å²) >= 11 is 6.41. The van der Waals surface area contributed by atoms with Crippen LogP contribution in [0.4, 0.5) is 0 Å². The number of thiazole rings is 1. The van der Waals surface area contributed by atoms with Crippen LogP contribution in [-0.2, 0) is 16.1 Å². The first-order chi connectivity index (χ1) is 12.1. The van der Waals surface area contributed by atoms with Crippen molar-refractivity contribution in [3.63, 3.8) is 0 Å². The van der Waals surface area contributed by atoms with E-state index in [4.69, 9.17) is 9.47 Å². The van der Waals surface area contributed by atoms with Crippen molar-refractivity contribution in [3.05, 3.63) is 42.8 Å². The minimum Gasteiger partial charge on any atom is -0.493 e. The highest BCUT2D eigenvalue weighted by Crippen LogP contribution is 2.50. The normalized spacial score (nSPS) is 20.9. The van der Waals surface area contributed by atoms with Crippen molar-refractivity contribution in [2.24, 2.45) is 5.92 Å².